The molecular weight excluding hydrogens is 388 g/mol. The van der Waals surface area contributed by atoms with E-state index in [1.165, 1.54) is 24.2 Å². The summed E-state index contributed by atoms with van der Waals surface area (Å²) in [5.74, 6) is 1.25. The molecule has 1 aliphatic carbocycles. The molecular formula is C17H20N4O2S3. The summed E-state index contributed by atoms with van der Waals surface area (Å²) in [6.45, 7) is 7.48. The van der Waals surface area contributed by atoms with Crippen LogP contribution in [-0.4, -0.2) is 33.6 Å². The Hall–Kier alpha value is -1.55. The average molecular weight is 409 g/mol. The smallest absolute Gasteiger partial charge is 0.262 e. The second kappa shape index (κ2) is 6.88. The highest BCUT2D eigenvalue weighted by Crippen LogP contribution is 2.43. The van der Waals surface area contributed by atoms with Crippen molar-refractivity contribution < 1.29 is 9.00 Å². The highest BCUT2D eigenvalue weighted by Gasteiger charge is 2.38. The van der Waals surface area contributed by atoms with Gasteiger partial charge in [0.1, 0.15) is 26.0 Å². The van der Waals surface area contributed by atoms with E-state index >= 15 is 0 Å². The number of thiophene rings is 1. The fourth-order valence-electron chi connectivity index (χ4n) is 2.97. The van der Waals surface area contributed by atoms with Gasteiger partial charge in [-0.25, -0.2) is 13.9 Å². The predicted octanol–water partition coefficient (Wildman–Crippen LogP) is 3.10. The molecule has 138 valence electrons. The number of hydrogen-bond acceptors (Lipinski definition) is 6. The van der Waals surface area contributed by atoms with Crippen molar-refractivity contribution in [3.05, 3.63) is 40.1 Å². The second-order valence-electron chi connectivity index (χ2n) is 6.46. The van der Waals surface area contributed by atoms with Crippen LogP contribution in [0.2, 0.25) is 0 Å². The molecule has 0 bridgehead atoms. The zero-order chi connectivity index (χ0) is 18.4. The first kappa shape index (κ1) is 17.8. The highest BCUT2D eigenvalue weighted by molar-refractivity contribution is 7.85. The zero-order valence-electron chi connectivity index (χ0n) is 14.7. The Kier molecular flexibility index (Phi) is 4.72. The Morgan fingerprint density at radius 3 is 2.77 bits per heavy atom. The van der Waals surface area contributed by atoms with Crippen molar-refractivity contribution in [2.75, 3.05) is 18.5 Å². The molecule has 9 heteroatoms. The number of amides is 1. The molecule has 4 rings (SSSR count). The third-order valence-corrected chi connectivity index (χ3v) is 7.93. The highest BCUT2D eigenvalue weighted by atomic mass is 32.2. The molecule has 1 aliphatic heterocycles. The lowest BCUT2D eigenvalue weighted by molar-refractivity contribution is 0.0785. The van der Waals surface area contributed by atoms with E-state index in [2.05, 4.69) is 21.2 Å². The lowest BCUT2D eigenvalue weighted by atomic mass is 10.2. The molecule has 1 N–H and O–H groups in total. The molecule has 0 radical (unpaired) electrons. The van der Waals surface area contributed by atoms with Crippen molar-refractivity contribution in [3.8, 4) is 0 Å². The van der Waals surface area contributed by atoms with Gasteiger partial charge in [-0.2, -0.15) is 0 Å². The Balaban J connectivity index is 1.71. The van der Waals surface area contributed by atoms with Crippen LogP contribution in [0.3, 0.4) is 0 Å². The van der Waals surface area contributed by atoms with Crippen molar-refractivity contribution >= 4 is 44.6 Å². The van der Waals surface area contributed by atoms with Crippen molar-refractivity contribution in [2.24, 2.45) is 5.92 Å². The van der Waals surface area contributed by atoms with Gasteiger partial charge in [-0.05, 0) is 38.8 Å². The van der Waals surface area contributed by atoms with Crippen LogP contribution in [0.15, 0.2) is 28.9 Å². The SMILES string of the molecule is C=C1N(Cc2cnc(C)s2)C(=O)c2cc(S(=O)NC)sc2N1CC1CC1. The van der Waals surface area contributed by atoms with Gasteiger partial charge in [0.25, 0.3) is 5.91 Å². The van der Waals surface area contributed by atoms with E-state index in [0.29, 0.717) is 28.1 Å². The number of aryl methyl sites for hydroxylation is 1. The van der Waals surface area contributed by atoms with Crippen LogP contribution in [0.5, 0.6) is 0 Å². The zero-order valence-corrected chi connectivity index (χ0v) is 17.1. The van der Waals surface area contributed by atoms with Gasteiger partial charge in [0.15, 0.2) is 0 Å². The van der Waals surface area contributed by atoms with Crippen LogP contribution < -0.4 is 9.62 Å². The summed E-state index contributed by atoms with van der Waals surface area (Å²) >= 11 is 3.00. The lowest BCUT2D eigenvalue weighted by Gasteiger charge is -2.37. The minimum Gasteiger partial charge on any atom is -0.319 e. The van der Waals surface area contributed by atoms with Gasteiger partial charge < -0.3 is 4.90 Å². The standard InChI is InChI=1S/C17H20N4O2S3/c1-10-19-7-13(24-10)9-20-11(2)21(8-12-4-5-12)17-14(16(20)22)6-15(25-17)26(23)18-3/h6-7,12,18H,2,4-5,8-9H2,1,3H3. The van der Waals surface area contributed by atoms with Crippen LogP contribution in [0.1, 0.15) is 33.1 Å². The summed E-state index contributed by atoms with van der Waals surface area (Å²) in [6.07, 6.45) is 4.24. The van der Waals surface area contributed by atoms with Crippen molar-refractivity contribution in [3.63, 3.8) is 0 Å². The van der Waals surface area contributed by atoms with Crippen LogP contribution >= 0.6 is 22.7 Å². The first-order valence-corrected chi connectivity index (χ1v) is 11.2. The Morgan fingerprint density at radius 2 is 2.15 bits per heavy atom. The Morgan fingerprint density at radius 1 is 1.38 bits per heavy atom. The number of nitrogens with zero attached hydrogens (tertiary/aromatic N) is 3. The number of thiazole rings is 1. The summed E-state index contributed by atoms with van der Waals surface area (Å²) in [5.41, 5.74) is 0.614. The van der Waals surface area contributed by atoms with E-state index in [1.807, 2.05) is 13.1 Å². The first-order chi connectivity index (χ1) is 12.5. The van der Waals surface area contributed by atoms with Gasteiger partial charge in [-0.15, -0.1) is 22.7 Å². The molecule has 1 unspecified atom stereocenters. The summed E-state index contributed by atoms with van der Waals surface area (Å²) in [6, 6.07) is 1.76. The first-order valence-electron chi connectivity index (χ1n) is 8.40. The molecule has 0 aromatic carbocycles. The molecule has 1 saturated carbocycles. The average Bonchev–Trinajstić information content (AvgIpc) is 3.18. The lowest BCUT2D eigenvalue weighted by Crippen LogP contribution is -2.43. The quantitative estimate of drug-likeness (QED) is 0.798. The second-order valence-corrected chi connectivity index (χ2v) is 10.5. The van der Waals surface area contributed by atoms with Crippen LogP contribution in [0.25, 0.3) is 0 Å². The van der Waals surface area contributed by atoms with Gasteiger partial charge in [0, 0.05) is 17.6 Å². The maximum absolute atomic E-state index is 13.1. The van der Waals surface area contributed by atoms with E-state index in [0.717, 1.165) is 21.4 Å². The molecule has 26 heavy (non-hydrogen) atoms. The molecule has 0 spiro atoms. The van der Waals surface area contributed by atoms with E-state index in [4.69, 9.17) is 0 Å². The minimum absolute atomic E-state index is 0.0845. The normalized spacial score (nSPS) is 18.4. The Bertz CT molecular complexity index is 900. The molecule has 2 aliphatic rings. The number of carbonyl (C=O) groups is 1. The summed E-state index contributed by atoms with van der Waals surface area (Å²) < 4.78 is 15.6. The van der Waals surface area contributed by atoms with E-state index in [-0.39, 0.29) is 5.91 Å². The van der Waals surface area contributed by atoms with E-state index in [1.54, 1.807) is 29.4 Å². The maximum Gasteiger partial charge on any atom is 0.262 e. The third kappa shape index (κ3) is 3.24. The fourth-order valence-corrected chi connectivity index (χ4v) is 5.89. The number of hydrogen-bond donors (Lipinski definition) is 1. The van der Waals surface area contributed by atoms with Crippen molar-refractivity contribution in [1.29, 1.82) is 0 Å². The number of rotatable bonds is 6. The van der Waals surface area contributed by atoms with Crippen LogP contribution in [-0.2, 0) is 17.5 Å². The Labute approximate surface area is 163 Å². The molecule has 1 atom stereocenters. The topological polar surface area (TPSA) is 65.5 Å². The van der Waals surface area contributed by atoms with Gasteiger partial charge in [0.2, 0.25) is 0 Å². The number of nitrogens with one attached hydrogen (secondary N) is 1. The fraction of sp³-hybridized carbons (Fsp3) is 0.412. The van der Waals surface area contributed by atoms with E-state index < -0.39 is 11.0 Å². The molecule has 3 heterocycles. The van der Waals surface area contributed by atoms with Crippen LogP contribution in [0.4, 0.5) is 5.00 Å². The number of anilines is 1. The summed E-state index contributed by atoms with van der Waals surface area (Å²) in [7, 11) is 0.343. The number of carbonyl (C=O) groups excluding carboxylic acids is 1. The van der Waals surface area contributed by atoms with Crippen molar-refractivity contribution in [1.82, 2.24) is 14.6 Å². The predicted molar refractivity (Wildman–Crippen MR) is 106 cm³/mol. The van der Waals surface area contributed by atoms with Gasteiger partial charge >= 0.3 is 0 Å². The molecule has 1 amide bonds. The molecule has 2 aromatic rings. The number of fused-ring (bicyclic) bond motifs is 1. The minimum atomic E-state index is -1.31. The maximum atomic E-state index is 13.1. The van der Waals surface area contributed by atoms with Gasteiger partial charge in [-0.3, -0.25) is 9.69 Å². The van der Waals surface area contributed by atoms with Crippen molar-refractivity contribution in [2.45, 2.75) is 30.5 Å². The van der Waals surface area contributed by atoms with Gasteiger partial charge in [-0.1, -0.05) is 6.58 Å². The van der Waals surface area contributed by atoms with E-state index in [9.17, 15) is 9.00 Å². The number of aromatic nitrogens is 1. The largest absolute Gasteiger partial charge is 0.319 e. The summed E-state index contributed by atoms with van der Waals surface area (Å²) in [4.78, 5) is 22.3. The molecule has 0 saturated heterocycles. The summed E-state index contributed by atoms with van der Waals surface area (Å²) in [5, 5.41) is 1.84. The third-order valence-electron chi connectivity index (χ3n) is 4.52. The van der Waals surface area contributed by atoms with Gasteiger partial charge in [0.05, 0.1) is 17.1 Å². The molecule has 1 fully saturated rings. The molecule has 6 nitrogen and oxygen atoms in total. The van der Waals surface area contributed by atoms with Crippen LogP contribution in [0, 0.1) is 12.8 Å². The monoisotopic (exact) mass is 408 g/mol. The molecule has 2 aromatic heterocycles.